The molecule has 0 saturated heterocycles. The second-order valence-electron chi connectivity index (χ2n) is 6.96. The maximum Gasteiger partial charge on any atom is 0.158 e. The fraction of sp³-hybridized carbons (Fsp3) is 0.130. The van der Waals surface area contributed by atoms with Crippen molar-refractivity contribution in [2.45, 2.75) is 20.4 Å². The highest BCUT2D eigenvalue weighted by molar-refractivity contribution is 7.08. The number of aromatic nitrogens is 4. The van der Waals surface area contributed by atoms with Crippen molar-refractivity contribution in [2.24, 2.45) is 5.73 Å². The summed E-state index contributed by atoms with van der Waals surface area (Å²) in [4.78, 5) is 4.75. The van der Waals surface area contributed by atoms with Gasteiger partial charge in [0.15, 0.2) is 5.82 Å². The molecule has 0 radical (unpaired) electrons. The number of benzene rings is 1. The zero-order valence-electron chi connectivity index (χ0n) is 17.0. The second-order valence-corrected chi connectivity index (χ2v) is 7.74. The lowest BCUT2D eigenvalue weighted by molar-refractivity contribution is 0.772. The van der Waals surface area contributed by atoms with Crippen LogP contribution in [-0.2, 0) is 6.54 Å². The highest BCUT2D eigenvalue weighted by Crippen LogP contribution is 2.28. The number of allylic oxidation sites excluding steroid dienone is 1. The minimum Gasteiger partial charge on any atom is -0.394 e. The molecular formula is C23H24N6S. The third-order valence-electron chi connectivity index (χ3n) is 4.88. The van der Waals surface area contributed by atoms with Crippen molar-refractivity contribution >= 4 is 35.1 Å². The number of nitrogens with zero attached hydrogens (tertiary/aromatic N) is 4. The number of hydrogen-bond acceptors (Lipinski definition) is 5. The van der Waals surface area contributed by atoms with Crippen molar-refractivity contribution in [1.29, 1.82) is 0 Å². The fourth-order valence-corrected chi connectivity index (χ4v) is 4.06. The van der Waals surface area contributed by atoms with E-state index in [4.69, 9.17) is 16.5 Å². The first-order chi connectivity index (χ1) is 14.6. The van der Waals surface area contributed by atoms with Crippen LogP contribution in [0.4, 0.5) is 5.82 Å². The Balaban J connectivity index is 1.75. The van der Waals surface area contributed by atoms with E-state index in [9.17, 15) is 0 Å². The quantitative estimate of drug-likeness (QED) is 0.477. The lowest BCUT2D eigenvalue weighted by Gasteiger charge is -2.11. The van der Waals surface area contributed by atoms with E-state index in [1.807, 2.05) is 54.9 Å². The molecule has 0 aliphatic carbocycles. The van der Waals surface area contributed by atoms with Gasteiger partial charge in [0.2, 0.25) is 0 Å². The summed E-state index contributed by atoms with van der Waals surface area (Å²) in [5, 5.41) is 8.47. The van der Waals surface area contributed by atoms with Gasteiger partial charge in [-0.15, -0.1) is 0 Å². The number of hydrogen-bond donors (Lipinski definition) is 2. The normalized spacial score (nSPS) is 12.1. The molecule has 0 bridgehead atoms. The molecule has 0 unspecified atom stereocenters. The molecule has 30 heavy (non-hydrogen) atoms. The van der Waals surface area contributed by atoms with Gasteiger partial charge in [-0.1, -0.05) is 36.4 Å². The largest absolute Gasteiger partial charge is 0.394 e. The van der Waals surface area contributed by atoms with Gasteiger partial charge in [-0.3, -0.25) is 0 Å². The molecule has 0 amide bonds. The van der Waals surface area contributed by atoms with Gasteiger partial charge in [-0.25, -0.2) is 9.67 Å². The molecule has 4 aromatic rings. The molecular weight excluding hydrogens is 392 g/mol. The SMILES string of the molecule is C/C=C\c1c(C)nc(/C(N)=C/n2ncc(-c3ccsc3)c2N)n1Cc1ccccc1. The van der Waals surface area contributed by atoms with E-state index in [0.717, 1.165) is 22.5 Å². The molecule has 7 heteroatoms. The van der Waals surface area contributed by atoms with Crippen LogP contribution in [0.15, 0.2) is 59.4 Å². The number of thiophene rings is 1. The molecule has 4 N–H and O–H groups in total. The standard InChI is InChI=1S/C23H24N6S/c1-3-7-21-16(2)27-23(28(21)13-17-8-5-4-6-9-17)20(24)14-29-22(25)19(12-26-29)18-10-11-30-15-18/h3-12,14-15H,13,24-25H2,1-2H3/b7-3-,20-14-. The summed E-state index contributed by atoms with van der Waals surface area (Å²) in [6, 6.07) is 12.3. The van der Waals surface area contributed by atoms with Crippen molar-refractivity contribution in [1.82, 2.24) is 19.3 Å². The predicted molar refractivity (Wildman–Crippen MR) is 126 cm³/mol. The van der Waals surface area contributed by atoms with Crippen LogP contribution in [0.25, 0.3) is 29.1 Å². The van der Waals surface area contributed by atoms with Crippen molar-refractivity contribution in [3.8, 4) is 11.1 Å². The van der Waals surface area contributed by atoms with E-state index in [2.05, 4.69) is 27.9 Å². The molecule has 0 fully saturated rings. The molecule has 6 nitrogen and oxygen atoms in total. The second kappa shape index (κ2) is 8.42. The van der Waals surface area contributed by atoms with Crippen molar-refractivity contribution in [2.75, 3.05) is 5.73 Å². The van der Waals surface area contributed by atoms with Crippen LogP contribution in [0.5, 0.6) is 0 Å². The highest BCUT2D eigenvalue weighted by atomic mass is 32.1. The zero-order chi connectivity index (χ0) is 21.1. The molecule has 4 rings (SSSR count). The lowest BCUT2D eigenvalue weighted by Crippen LogP contribution is -2.11. The van der Waals surface area contributed by atoms with Gasteiger partial charge >= 0.3 is 0 Å². The molecule has 0 aliphatic heterocycles. The van der Waals surface area contributed by atoms with Crippen LogP contribution in [0.3, 0.4) is 0 Å². The topological polar surface area (TPSA) is 87.7 Å². The maximum absolute atomic E-state index is 6.50. The van der Waals surface area contributed by atoms with Crippen LogP contribution < -0.4 is 11.5 Å². The summed E-state index contributed by atoms with van der Waals surface area (Å²) in [6.07, 6.45) is 7.55. The molecule has 3 heterocycles. The Morgan fingerprint density at radius 2 is 2.00 bits per heavy atom. The smallest absolute Gasteiger partial charge is 0.158 e. The van der Waals surface area contributed by atoms with Crippen molar-refractivity contribution in [3.05, 3.63) is 82.2 Å². The highest BCUT2D eigenvalue weighted by Gasteiger charge is 2.16. The lowest BCUT2D eigenvalue weighted by atomic mass is 10.2. The van der Waals surface area contributed by atoms with Crippen molar-refractivity contribution in [3.63, 3.8) is 0 Å². The Kier molecular flexibility index (Phi) is 5.54. The van der Waals surface area contributed by atoms with Crippen molar-refractivity contribution < 1.29 is 0 Å². The van der Waals surface area contributed by atoms with E-state index in [0.29, 0.717) is 23.9 Å². The summed E-state index contributed by atoms with van der Waals surface area (Å²) in [7, 11) is 0. The Hall–Kier alpha value is -3.58. The van der Waals surface area contributed by atoms with Gasteiger partial charge in [0.1, 0.15) is 5.82 Å². The number of nitrogens with two attached hydrogens (primary N) is 2. The minimum absolute atomic E-state index is 0.497. The Bertz CT molecular complexity index is 1200. The maximum atomic E-state index is 6.50. The summed E-state index contributed by atoms with van der Waals surface area (Å²) >= 11 is 1.62. The van der Waals surface area contributed by atoms with Gasteiger partial charge < -0.3 is 16.0 Å². The van der Waals surface area contributed by atoms with Gasteiger partial charge in [0.05, 0.1) is 29.5 Å². The van der Waals surface area contributed by atoms with Crippen LogP contribution in [-0.4, -0.2) is 19.3 Å². The first kappa shape index (κ1) is 19.7. The minimum atomic E-state index is 0.497. The molecule has 152 valence electrons. The van der Waals surface area contributed by atoms with Crippen LogP contribution in [0, 0.1) is 6.92 Å². The first-order valence-corrected chi connectivity index (χ1v) is 10.6. The van der Waals surface area contributed by atoms with E-state index in [1.54, 1.807) is 28.4 Å². The number of anilines is 1. The number of rotatable bonds is 6. The summed E-state index contributed by atoms with van der Waals surface area (Å²) in [6.45, 7) is 4.65. The molecule has 0 aliphatic rings. The van der Waals surface area contributed by atoms with Crippen LogP contribution in [0.2, 0.25) is 0 Å². The average Bonchev–Trinajstić information content (AvgIpc) is 3.46. The molecule has 1 aromatic carbocycles. The van der Waals surface area contributed by atoms with E-state index in [-0.39, 0.29) is 0 Å². The Morgan fingerprint density at radius 1 is 1.20 bits per heavy atom. The monoisotopic (exact) mass is 416 g/mol. The first-order valence-electron chi connectivity index (χ1n) is 9.65. The molecule has 0 saturated carbocycles. The average molecular weight is 417 g/mol. The molecule has 3 aromatic heterocycles. The summed E-state index contributed by atoms with van der Waals surface area (Å²) < 4.78 is 3.73. The number of aryl methyl sites for hydroxylation is 1. The third kappa shape index (κ3) is 3.79. The third-order valence-corrected chi connectivity index (χ3v) is 5.57. The van der Waals surface area contributed by atoms with Crippen LogP contribution >= 0.6 is 11.3 Å². The number of imidazole rings is 1. The fourth-order valence-electron chi connectivity index (χ4n) is 3.40. The van der Waals surface area contributed by atoms with E-state index < -0.39 is 0 Å². The van der Waals surface area contributed by atoms with Gasteiger partial charge in [0.25, 0.3) is 0 Å². The molecule has 0 spiro atoms. The predicted octanol–water partition coefficient (Wildman–Crippen LogP) is 4.69. The van der Waals surface area contributed by atoms with E-state index >= 15 is 0 Å². The Morgan fingerprint density at radius 3 is 2.70 bits per heavy atom. The zero-order valence-corrected chi connectivity index (χ0v) is 17.8. The summed E-state index contributed by atoms with van der Waals surface area (Å²) in [5.74, 6) is 1.24. The molecule has 0 atom stereocenters. The van der Waals surface area contributed by atoms with Gasteiger partial charge in [-0.2, -0.15) is 16.4 Å². The van der Waals surface area contributed by atoms with Gasteiger partial charge in [0, 0.05) is 12.1 Å². The van der Waals surface area contributed by atoms with E-state index in [1.165, 1.54) is 5.56 Å². The summed E-state index contributed by atoms with van der Waals surface area (Å²) in [5.41, 5.74) is 18.4. The van der Waals surface area contributed by atoms with Gasteiger partial charge in [-0.05, 0) is 47.9 Å². The number of nitrogen functional groups attached to an aromatic ring is 1. The van der Waals surface area contributed by atoms with Crippen LogP contribution in [0.1, 0.15) is 29.7 Å². The Labute approximate surface area is 179 Å².